The maximum atomic E-state index is 11.6. The van der Waals surface area contributed by atoms with Gasteiger partial charge in [-0.15, -0.1) is 0 Å². The summed E-state index contributed by atoms with van der Waals surface area (Å²) >= 11 is 0. The molecule has 0 saturated carbocycles. The minimum absolute atomic E-state index is 0.0878. The van der Waals surface area contributed by atoms with Gasteiger partial charge < -0.3 is 9.88 Å². The van der Waals surface area contributed by atoms with Crippen LogP contribution in [0.4, 0.5) is 0 Å². The molecule has 15 heavy (non-hydrogen) atoms. The van der Waals surface area contributed by atoms with Crippen molar-refractivity contribution in [1.29, 1.82) is 5.26 Å². The van der Waals surface area contributed by atoms with Crippen LogP contribution < -0.4 is 5.32 Å². The van der Waals surface area contributed by atoms with Crippen molar-refractivity contribution in [2.75, 3.05) is 0 Å². The topological polar surface area (TPSA) is 57.8 Å². The van der Waals surface area contributed by atoms with Crippen molar-refractivity contribution in [1.82, 2.24) is 9.88 Å². The number of hydrogen-bond acceptors (Lipinski definition) is 2. The Balaban J connectivity index is 2.64. The highest BCUT2D eigenvalue weighted by molar-refractivity contribution is 5.76. The number of nitrogens with one attached hydrogen (secondary N) is 1. The van der Waals surface area contributed by atoms with E-state index in [4.69, 9.17) is 5.26 Å². The maximum absolute atomic E-state index is 11.6. The Labute approximate surface area is 89.5 Å². The Morgan fingerprint density at radius 1 is 1.60 bits per heavy atom. The third kappa shape index (κ3) is 3.47. The molecule has 1 N–H and O–H groups in total. The fourth-order valence-electron chi connectivity index (χ4n) is 1.27. The van der Waals surface area contributed by atoms with Gasteiger partial charge in [-0.3, -0.25) is 4.79 Å². The summed E-state index contributed by atoms with van der Waals surface area (Å²) in [6.07, 6.45) is 1.72. The molecular weight excluding hydrogens is 190 g/mol. The SMILES string of the molecule is CC(C)(C)NC(=O)Cn1cccc1C#N. The molecule has 0 saturated heterocycles. The minimum Gasteiger partial charge on any atom is -0.350 e. The van der Waals surface area contributed by atoms with Crippen molar-refractivity contribution in [3.63, 3.8) is 0 Å². The average molecular weight is 205 g/mol. The summed E-state index contributed by atoms with van der Waals surface area (Å²) in [6, 6.07) is 5.46. The summed E-state index contributed by atoms with van der Waals surface area (Å²) < 4.78 is 1.63. The number of aromatic nitrogens is 1. The number of nitrogens with zero attached hydrogens (tertiary/aromatic N) is 2. The molecule has 0 radical (unpaired) electrons. The van der Waals surface area contributed by atoms with Gasteiger partial charge in [0.15, 0.2) is 0 Å². The quantitative estimate of drug-likeness (QED) is 0.790. The monoisotopic (exact) mass is 205 g/mol. The van der Waals surface area contributed by atoms with Crippen LogP contribution in [-0.4, -0.2) is 16.0 Å². The van der Waals surface area contributed by atoms with Crippen LogP contribution in [0.5, 0.6) is 0 Å². The van der Waals surface area contributed by atoms with E-state index in [1.54, 1.807) is 22.9 Å². The van der Waals surface area contributed by atoms with E-state index in [0.29, 0.717) is 5.69 Å². The van der Waals surface area contributed by atoms with E-state index in [9.17, 15) is 4.79 Å². The molecule has 0 atom stereocenters. The van der Waals surface area contributed by atoms with E-state index in [1.165, 1.54) is 0 Å². The molecule has 4 heteroatoms. The standard InChI is InChI=1S/C11H15N3O/c1-11(2,3)13-10(15)8-14-6-4-5-9(14)7-12/h4-6H,8H2,1-3H3,(H,13,15). The van der Waals surface area contributed by atoms with Gasteiger partial charge in [-0.1, -0.05) is 0 Å². The normalized spacial score (nSPS) is 10.8. The Morgan fingerprint density at radius 2 is 2.27 bits per heavy atom. The number of nitriles is 1. The first-order valence-corrected chi connectivity index (χ1v) is 4.78. The summed E-state index contributed by atoms with van der Waals surface area (Å²) in [6.45, 7) is 5.95. The van der Waals surface area contributed by atoms with Gasteiger partial charge in [-0.2, -0.15) is 5.26 Å². The molecule has 0 aliphatic heterocycles. The van der Waals surface area contributed by atoms with Gasteiger partial charge in [0.2, 0.25) is 5.91 Å². The molecule has 0 unspecified atom stereocenters. The molecule has 0 spiro atoms. The molecule has 0 aromatic carbocycles. The molecular formula is C11H15N3O. The molecule has 1 rings (SSSR count). The zero-order valence-electron chi connectivity index (χ0n) is 9.24. The Morgan fingerprint density at radius 3 is 2.80 bits per heavy atom. The lowest BCUT2D eigenvalue weighted by Crippen LogP contribution is -2.42. The molecule has 1 heterocycles. The fraction of sp³-hybridized carbons (Fsp3) is 0.455. The maximum Gasteiger partial charge on any atom is 0.240 e. The molecule has 1 amide bonds. The first kappa shape index (κ1) is 11.3. The van der Waals surface area contributed by atoms with Crippen molar-refractivity contribution >= 4 is 5.91 Å². The number of carbonyl (C=O) groups excluding carboxylic acids is 1. The predicted molar refractivity (Wildman–Crippen MR) is 57.0 cm³/mol. The predicted octanol–water partition coefficient (Wildman–Crippen LogP) is 1.27. The molecule has 1 aromatic heterocycles. The van der Waals surface area contributed by atoms with Crippen molar-refractivity contribution in [2.45, 2.75) is 32.9 Å². The van der Waals surface area contributed by atoms with Crippen LogP contribution in [-0.2, 0) is 11.3 Å². The Kier molecular flexibility index (Phi) is 3.15. The van der Waals surface area contributed by atoms with Crippen LogP contribution in [0.1, 0.15) is 26.5 Å². The van der Waals surface area contributed by atoms with Gasteiger partial charge in [0.25, 0.3) is 0 Å². The molecule has 0 fully saturated rings. The van der Waals surface area contributed by atoms with E-state index < -0.39 is 0 Å². The van der Waals surface area contributed by atoms with Crippen LogP contribution in [0, 0.1) is 11.3 Å². The van der Waals surface area contributed by atoms with Crippen molar-refractivity contribution in [3.8, 4) is 6.07 Å². The summed E-state index contributed by atoms with van der Waals surface area (Å²) in [5, 5.41) is 11.6. The van der Waals surface area contributed by atoms with E-state index in [-0.39, 0.29) is 18.0 Å². The van der Waals surface area contributed by atoms with E-state index >= 15 is 0 Å². The van der Waals surface area contributed by atoms with E-state index in [0.717, 1.165) is 0 Å². The Hall–Kier alpha value is -1.76. The highest BCUT2D eigenvalue weighted by Crippen LogP contribution is 2.02. The van der Waals surface area contributed by atoms with E-state index in [2.05, 4.69) is 5.32 Å². The first-order valence-electron chi connectivity index (χ1n) is 4.78. The minimum atomic E-state index is -0.239. The number of hydrogen-bond donors (Lipinski definition) is 1. The summed E-state index contributed by atoms with van der Waals surface area (Å²) in [5.74, 6) is -0.0878. The van der Waals surface area contributed by atoms with Gasteiger partial charge in [-0.25, -0.2) is 0 Å². The molecule has 0 aliphatic carbocycles. The van der Waals surface area contributed by atoms with Gasteiger partial charge in [-0.05, 0) is 32.9 Å². The zero-order valence-corrected chi connectivity index (χ0v) is 9.24. The Bertz CT molecular complexity index is 393. The lowest BCUT2D eigenvalue weighted by molar-refractivity contribution is -0.123. The van der Waals surface area contributed by atoms with Gasteiger partial charge >= 0.3 is 0 Å². The highest BCUT2D eigenvalue weighted by atomic mass is 16.2. The number of carbonyl (C=O) groups is 1. The number of amides is 1. The second kappa shape index (κ2) is 4.18. The van der Waals surface area contributed by atoms with Crippen LogP contribution in [0.15, 0.2) is 18.3 Å². The second-order valence-electron chi connectivity index (χ2n) is 4.43. The van der Waals surface area contributed by atoms with Crippen LogP contribution in [0.3, 0.4) is 0 Å². The molecule has 0 bridgehead atoms. The molecule has 80 valence electrons. The van der Waals surface area contributed by atoms with Crippen LogP contribution >= 0.6 is 0 Å². The van der Waals surface area contributed by atoms with Crippen molar-refractivity contribution in [2.24, 2.45) is 0 Å². The third-order valence-electron chi connectivity index (χ3n) is 1.77. The van der Waals surface area contributed by atoms with Crippen LogP contribution in [0.25, 0.3) is 0 Å². The largest absolute Gasteiger partial charge is 0.350 e. The lowest BCUT2D eigenvalue weighted by Gasteiger charge is -2.20. The van der Waals surface area contributed by atoms with Gasteiger partial charge in [0.1, 0.15) is 18.3 Å². The second-order valence-corrected chi connectivity index (χ2v) is 4.43. The summed E-state index contributed by atoms with van der Waals surface area (Å²) in [4.78, 5) is 11.6. The number of rotatable bonds is 2. The summed E-state index contributed by atoms with van der Waals surface area (Å²) in [5.41, 5.74) is 0.260. The smallest absolute Gasteiger partial charge is 0.240 e. The molecule has 4 nitrogen and oxygen atoms in total. The highest BCUT2D eigenvalue weighted by Gasteiger charge is 2.14. The van der Waals surface area contributed by atoms with Gasteiger partial charge in [0.05, 0.1) is 0 Å². The van der Waals surface area contributed by atoms with Crippen molar-refractivity contribution in [3.05, 3.63) is 24.0 Å². The zero-order chi connectivity index (χ0) is 11.5. The van der Waals surface area contributed by atoms with Gasteiger partial charge in [0, 0.05) is 11.7 Å². The van der Waals surface area contributed by atoms with E-state index in [1.807, 2.05) is 26.8 Å². The fourth-order valence-corrected chi connectivity index (χ4v) is 1.27. The molecule has 0 aliphatic rings. The molecule has 1 aromatic rings. The van der Waals surface area contributed by atoms with Crippen LogP contribution in [0.2, 0.25) is 0 Å². The summed E-state index contributed by atoms with van der Waals surface area (Å²) in [7, 11) is 0. The first-order chi connectivity index (χ1) is 6.92. The average Bonchev–Trinajstić information content (AvgIpc) is 2.48. The lowest BCUT2D eigenvalue weighted by atomic mass is 10.1. The van der Waals surface area contributed by atoms with Crippen molar-refractivity contribution < 1.29 is 4.79 Å². The third-order valence-corrected chi connectivity index (χ3v) is 1.77.